The van der Waals surface area contributed by atoms with Gasteiger partial charge in [0.25, 0.3) is 0 Å². The number of hydrogen-bond acceptors (Lipinski definition) is 1. The molecule has 1 aliphatic rings. The molecule has 1 aliphatic carbocycles. The molecule has 1 nitrogen and oxygen atoms in total. The highest BCUT2D eigenvalue weighted by molar-refractivity contribution is 5.32. The molecule has 0 heterocycles. The minimum Gasteiger partial charge on any atom is -0.316 e. The van der Waals surface area contributed by atoms with E-state index in [0.29, 0.717) is 5.92 Å². The highest BCUT2D eigenvalue weighted by Crippen LogP contribution is 2.37. The van der Waals surface area contributed by atoms with Gasteiger partial charge in [-0.25, -0.2) is 8.78 Å². The molecule has 1 aromatic carbocycles. The second-order valence-corrected chi connectivity index (χ2v) is 5.84. The Morgan fingerprint density at radius 3 is 2.21 bits per heavy atom. The van der Waals surface area contributed by atoms with Crippen LogP contribution in [0.15, 0.2) is 30.4 Å². The average Bonchev–Trinajstić information content (AvgIpc) is 2.77. The summed E-state index contributed by atoms with van der Waals surface area (Å²) in [5.74, 6) is -0.425. The predicted octanol–water partition coefficient (Wildman–Crippen LogP) is 3.80. The Morgan fingerprint density at radius 1 is 1.11 bits per heavy atom. The highest BCUT2D eigenvalue weighted by atomic mass is 19.1. The molecule has 3 heteroatoms. The normalized spacial score (nSPS) is 17.3. The van der Waals surface area contributed by atoms with Crippen LogP contribution in [-0.2, 0) is 5.41 Å². The zero-order valence-corrected chi connectivity index (χ0v) is 11.5. The Hall–Kier alpha value is -1.22. The second kappa shape index (κ2) is 5.83. The van der Waals surface area contributed by atoms with Gasteiger partial charge in [-0.3, -0.25) is 0 Å². The maximum atomic E-state index is 13.4. The van der Waals surface area contributed by atoms with Gasteiger partial charge >= 0.3 is 0 Å². The van der Waals surface area contributed by atoms with Crippen LogP contribution in [0, 0.1) is 17.6 Å². The minimum absolute atomic E-state index is 0.197. The topological polar surface area (TPSA) is 12.0 Å². The summed E-state index contributed by atoms with van der Waals surface area (Å²) < 4.78 is 26.8. The molecule has 0 saturated heterocycles. The van der Waals surface area contributed by atoms with E-state index in [2.05, 4.69) is 31.3 Å². The molecule has 1 N–H and O–H groups in total. The highest BCUT2D eigenvalue weighted by Gasteiger charge is 2.33. The minimum atomic E-state index is -0.495. The molecular weight excluding hydrogens is 244 g/mol. The number of allylic oxidation sites excluding steroid dienone is 2. The standard InChI is InChI=1S/C16H21F2N/c1-12(2)10-19-11-16(5-3-4-6-16)13-7-14(17)9-15(18)8-13/h3-4,7-9,12,19H,5-6,10-11H2,1-2H3. The van der Waals surface area contributed by atoms with E-state index in [1.807, 2.05) is 0 Å². The lowest BCUT2D eigenvalue weighted by Crippen LogP contribution is -2.37. The molecule has 0 amide bonds. The Kier molecular flexibility index (Phi) is 4.35. The fourth-order valence-corrected chi connectivity index (χ4v) is 2.64. The van der Waals surface area contributed by atoms with Crippen molar-refractivity contribution in [1.29, 1.82) is 0 Å². The van der Waals surface area contributed by atoms with Gasteiger partial charge in [0.2, 0.25) is 0 Å². The summed E-state index contributed by atoms with van der Waals surface area (Å²) in [5, 5.41) is 3.42. The third-order valence-electron chi connectivity index (χ3n) is 3.67. The quantitative estimate of drug-likeness (QED) is 0.799. The van der Waals surface area contributed by atoms with E-state index in [9.17, 15) is 8.78 Å². The summed E-state index contributed by atoms with van der Waals surface area (Å²) in [6.07, 6.45) is 5.86. The first-order valence-corrected chi connectivity index (χ1v) is 6.84. The van der Waals surface area contributed by atoms with Crippen molar-refractivity contribution in [2.45, 2.75) is 32.1 Å². The average molecular weight is 265 g/mol. The van der Waals surface area contributed by atoms with Crippen LogP contribution in [0.1, 0.15) is 32.3 Å². The van der Waals surface area contributed by atoms with Crippen LogP contribution < -0.4 is 5.32 Å². The SMILES string of the molecule is CC(C)CNCC1(c2cc(F)cc(F)c2)CC=CC1. The van der Waals surface area contributed by atoms with Crippen molar-refractivity contribution < 1.29 is 8.78 Å². The van der Waals surface area contributed by atoms with Crippen LogP contribution in [0.5, 0.6) is 0 Å². The van der Waals surface area contributed by atoms with E-state index in [1.165, 1.54) is 12.1 Å². The maximum Gasteiger partial charge on any atom is 0.126 e. The summed E-state index contributed by atoms with van der Waals surface area (Å²) in [5.41, 5.74) is 0.559. The Labute approximate surface area is 113 Å². The third-order valence-corrected chi connectivity index (χ3v) is 3.67. The number of hydrogen-bond donors (Lipinski definition) is 1. The number of benzene rings is 1. The third kappa shape index (κ3) is 3.41. The molecule has 0 spiro atoms. The van der Waals surface area contributed by atoms with E-state index in [-0.39, 0.29) is 5.41 Å². The van der Waals surface area contributed by atoms with Crippen LogP contribution in [0.4, 0.5) is 8.78 Å². The second-order valence-electron chi connectivity index (χ2n) is 5.84. The summed E-state index contributed by atoms with van der Waals surface area (Å²) >= 11 is 0. The van der Waals surface area contributed by atoms with Crippen molar-refractivity contribution in [2.24, 2.45) is 5.92 Å². The van der Waals surface area contributed by atoms with Crippen LogP contribution in [0.2, 0.25) is 0 Å². The van der Waals surface area contributed by atoms with Crippen LogP contribution in [-0.4, -0.2) is 13.1 Å². The van der Waals surface area contributed by atoms with Gasteiger partial charge in [0.05, 0.1) is 0 Å². The van der Waals surface area contributed by atoms with E-state index in [0.717, 1.165) is 37.6 Å². The number of rotatable bonds is 5. The maximum absolute atomic E-state index is 13.4. The molecule has 0 unspecified atom stereocenters. The Balaban J connectivity index is 2.18. The van der Waals surface area contributed by atoms with Crippen molar-refractivity contribution in [3.63, 3.8) is 0 Å². The number of nitrogens with one attached hydrogen (secondary N) is 1. The molecule has 0 aliphatic heterocycles. The van der Waals surface area contributed by atoms with Crippen molar-refractivity contribution in [2.75, 3.05) is 13.1 Å². The zero-order chi connectivity index (χ0) is 13.9. The van der Waals surface area contributed by atoms with E-state index >= 15 is 0 Å². The van der Waals surface area contributed by atoms with Crippen molar-refractivity contribution in [3.8, 4) is 0 Å². The largest absolute Gasteiger partial charge is 0.316 e. The van der Waals surface area contributed by atoms with Gasteiger partial charge in [-0.2, -0.15) is 0 Å². The smallest absolute Gasteiger partial charge is 0.126 e. The fraction of sp³-hybridized carbons (Fsp3) is 0.500. The molecule has 0 bridgehead atoms. The van der Waals surface area contributed by atoms with Gasteiger partial charge < -0.3 is 5.32 Å². The molecule has 0 radical (unpaired) electrons. The monoisotopic (exact) mass is 265 g/mol. The van der Waals surface area contributed by atoms with Gasteiger partial charge in [0.15, 0.2) is 0 Å². The van der Waals surface area contributed by atoms with Crippen LogP contribution >= 0.6 is 0 Å². The molecular formula is C16H21F2N. The first kappa shape index (κ1) is 14.2. The fourth-order valence-electron chi connectivity index (χ4n) is 2.64. The summed E-state index contributed by atoms with van der Waals surface area (Å²) in [4.78, 5) is 0. The molecule has 2 rings (SSSR count). The lowest BCUT2D eigenvalue weighted by Gasteiger charge is -2.30. The zero-order valence-electron chi connectivity index (χ0n) is 11.5. The summed E-state index contributed by atoms with van der Waals surface area (Å²) in [6, 6.07) is 3.86. The molecule has 0 aromatic heterocycles. The van der Waals surface area contributed by atoms with Crippen molar-refractivity contribution >= 4 is 0 Å². The van der Waals surface area contributed by atoms with Crippen LogP contribution in [0.25, 0.3) is 0 Å². The lowest BCUT2D eigenvalue weighted by molar-refractivity contribution is 0.398. The van der Waals surface area contributed by atoms with Crippen LogP contribution in [0.3, 0.4) is 0 Å². The summed E-state index contributed by atoms with van der Waals surface area (Å²) in [6.45, 7) is 5.96. The molecule has 104 valence electrons. The molecule has 0 fully saturated rings. The molecule has 19 heavy (non-hydrogen) atoms. The van der Waals surface area contributed by atoms with Gasteiger partial charge in [-0.15, -0.1) is 0 Å². The van der Waals surface area contributed by atoms with E-state index in [1.54, 1.807) is 0 Å². The van der Waals surface area contributed by atoms with Crippen molar-refractivity contribution in [3.05, 3.63) is 47.5 Å². The van der Waals surface area contributed by atoms with Gasteiger partial charge in [0.1, 0.15) is 11.6 Å². The predicted molar refractivity (Wildman–Crippen MR) is 74.1 cm³/mol. The van der Waals surface area contributed by atoms with Gasteiger partial charge in [-0.1, -0.05) is 26.0 Å². The number of halogens is 2. The molecule has 0 saturated carbocycles. The van der Waals surface area contributed by atoms with E-state index in [4.69, 9.17) is 0 Å². The van der Waals surface area contributed by atoms with Crippen molar-refractivity contribution in [1.82, 2.24) is 5.32 Å². The van der Waals surface area contributed by atoms with Gasteiger partial charge in [-0.05, 0) is 43.0 Å². The molecule has 0 atom stereocenters. The Morgan fingerprint density at radius 2 is 1.68 bits per heavy atom. The lowest BCUT2D eigenvalue weighted by atomic mass is 9.78. The van der Waals surface area contributed by atoms with Gasteiger partial charge in [0, 0.05) is 18.0 Å². The summed E-state index contributed by atoms with van der Waals surface area (Å²) in [7, 11) is 0. The van der Waals surface area contributed by atoms with E-state index < -0.39 is 11.6 Å². The first-order chi connectivity index (χ1) is 9.02. The molecule has 1 aromatic rings. The first-order valence-electron chi connectivity index (χ1n) is 6.84. The Bertz CT molecular complexity index is 438.